The van der Waals surface area contributed by atoms with Crippen molar-refractivity contribution in [2.45, 2.75) is 13.0 Å². The molecule has 2 heteroatoms. The Balaban J connectivity index is 2.30. The summed E-state index contributed by atoms with van der Waals surface area (Å²) >= 11 is 3.40. The van der Waals surface area contributed by atoms with Gasteiger partial charge in [-0.2, -0.15) is 0 Å². The molecule has 0 bridgehead atoms. The van der Waals surface area contributed by atoms with Gasteiger partial charge in [0.1, 0.15) is 11.9 Å². The lowest BCUT2D eigenvalue weighted by Crippen LogP contribution is -2.12. The monoisotopic (exact) mass is 264 g/mol. The van der Waals surface area contributed by atoms with E-state index in [0.717, 1.165) is 11.1 Å². The van der Waals surface area contributed by atoms with Crippen molar-refractivity contribution in [2.75, 3.05) is 5.33 Å². The standard InChI is InChI=1S/C13H13BrO/c1-10(9-14)15-13-7-6-11-4-2-3-5-12(11)8-13/h2-8,10H,9H2,1H3. The maximum absolute atomic E-state index is 5.72. The van der Waals surface area contributed by atoms with E-state index in [0.29, 0.717) is 0 Å². The van der Waals surface area contributed by atoms with Gasteiger partial charge in [0.15, 0.2) is 0 Å². The Kier molecular flexibility index (Phi) is 3.27. The molecule has 1 nitrogen and oxygen atoms in total. The Morgan fingerprint density at radius 3 is 2.60 bits per heavy atom. The van der Waals surface area contributed by atoms with Crippen LogP contribution in [0.1, 0.15) is 6.92 Å². The van der Waals surface area contributed by atoms with Gasteiger partial charge in [-0.05, 0) is 29.8 Å². The summed E-state index contributed by atoms with van der Waals surface area (Å²) in [5, 5.41) is 3.31. The Morgan fingerprint density at radius 1 is 1.13 bits per heavy atom. The van der Waals surface area contributed by atoms with E-state index in [1.54, 1.807) is 0 Å². The summed E-state index contributed by atoms with van der Waals surface area (Å²) in [7, 11) is 0. The van der Waals surface area contributed by atoms with Crippen LogP contribution in [0.25, 0.3) is 10.8 Å². The van der Waals surface area contributed by atoms with Crippen molar-refractivity contribution in [1.82, 2.24) is 0 Å². The fraction of sp³-hybridized carbons (Fsp3) is 0.231. The van der Waals surface area contributed by atoms with E-state index in [2.05, 4.69) is 40.2 Å². The van der Waals surface area contributed by atoms with Gasteiger partial charge in [-0.25, -0.2) is 0 Å². The molecule has 0 N–H and O–H groups in total. The van der Waals surface area contributed by atoms with Crippen LogP contribution in [0.2, 0.25) is 0 Å². The molecule has 0 aliphatic heterocycles. The van der Waals surface area contributed by atoms with Crippen molar-refractivity contribution >= 4 is 26.7 Å². The third-order valence-electron chi connectivity index (χ3n) is 2.28. The molecule has 0 radical (unpaired) electrons. The van der Waals surface area contributed by atoms with Crippen LogP contribution in [0.3, 0.4) is 0 Å². The second-order valence-electron chi connectivity index (χ2n) is 3.59. The lowest BCUT2D eigenvalue weighted by atomic mass is 10.1. The molecule has 0 aliphatic rings. The van der Waals surface area contributed by atoms with E-state index in [-0.39, 0.29) is 6.10 Å². The van der Waals surface area contributed by atoms with Gasteiger partial charge < -0.3 is 4.74 Å². The Labute approximate surface area is 98.2 Å². The third kappa shape index (κ3) is 2.51. The summed E-state index contributed by atoms with van der Waals surface area (Å²) < 4.78 is 5.72. The molecule has 0 amide bonds. The molecule has 2 rings (SSSR count). The van der Waals surface area contributed by atoms with Crippen LogP contribution in [0.4, 0.5) is 0 Å². The molecule has 0 aliphatic carbocycles. The highest BCUT2D eigenvalue weighted by molar-refractivity contribution is 9.09. The number of rotatable bonds is 3. The van der Waals surface area contributed by atoms with Crippen LogP contribution in [0.15, 0.2) is 42.5 Å². The van der Waals surface area contributed by atoms with Crippen molar-refractivity contribution < 1.29 is 4.74 Å². The van der Waals surface area contributed by atoms with E-state index in [4.69, 9.17) is 4.74 Å². The van der Waals surface area contributed by atoms with Crippen molar-refractivity contribution in [3.63, 3.8) is 0 Å². The zero-order chi connectivity index (χ0) is 10.7. The first kappa shape index (κ1) is 10.5. The average molecular weight is 265 g/mol. The minimum absolute atomic E-state index is 0.200. The highest BCUT2D eigenvalue weighted by atomic mass is 79.9. The lowest BCUT2D eigenvalue weighted by Gasteiger charge is -2.12. The molecule has 0 heterocycles. The molecule has 15 heavy (non-hydrogen) atoms. The highest BCUT2D eigenvalue weighted by Gasteiger charge is 2.02. The Hall–Kier alpha value is -1.02. The van der Waals surface area contributed by atoms with Crippen molar-refractivity contribution in [1.29, 1.82) is 0 Å². The van der Waals surface area contributed by atoms with Crippen molar-refractivity contribution in [3.8, 4) is 5.75 Å². The number of ether oxygens (including phenoxy) is 1. The quantitative estimate of drug-likeness (QED) is 0.762. The number of hydrogen-bond donors (Lipinski definition) is 0. The van der Waals surface area contributed by atoms with Crippen LogP contribution < -0.4 is 4.74 Å². The topological polar surface area (TPSA) is 9.23 Å². The van der Waals surface area contributed by atoms with E-state index in [1.807, 2.05) is 25.1 Å². The second kappa shape index (κ2) is 4.67. The molecule has 1 atom stereocenters. The molecule has 0 saturated heterocycles. The van der Waals surface area contributed by atoms with Crippen LogP contribution in [0, 0.1) is 0 Å². The molecular formula is C13H13BrO. The van der Waals surface area contributed by atoms with Gasteiger partial charge in [0.2, 0.25) is 0 Å². The molecule has 2 aromatic carbocycles. The summed E-state index contributed by atoms with van der Waals surface area (Å²) in [6.45, 7) is 2.05. The first-order valence-corrected chi connectivity index (χ1v) is 6.13. The van der Waals surface area contributed by atoms with Gasteiger partial charge >= 0.3 is 0 Å². The number of halogens is 1. The summed E-state index contributed by atoms with van der Waals surface area (Å²) in [4.78, 5) is 0. The molecule has 2 aromatic rings. The van der Waals surface area contributed by atoms with Crippen LogP contribution in [-0.2, 0) is 0 Å². The Bertz CT molecular complexity index is 453. The SMILES string of the molecule is CC(CBr)Oc1ccc2ccccc2c1. The lowest BCUT2D eigenvalue weighted by molar-refractivity contribution is 0.248. The maximum Gasteiger partial charge on any atom is 0.120 e. The summed E-state index contributed by atoms with van der Waals surface area (Å²) in [6, 6.07) is 14.5. The molecule has 1 unspecified atom stereocenters. The number of hydrogen-bond acceptors (Lipinski definition) is 1. The minimum atomic E-state index is 0.200. The van der Waals surface area contributed by atoms with Gasteiger partial charge in [-0.15, -0.1) is 0 Å². The Morgan fingerprint density at radius 2 is 1.87 bits per heavy atom. The maximum atomic E-state index is 5.72. The van der Waals surface area contributed by atoms with Crippen LogP contribution >= 0.6 is 15.9 Å². The van der Waals surface area contributed by atoms with E-state index in [1.165, 1.54) is 10.8 Å². The molecule has 0 fully saturated rings. The smallest absolute Gasteiger partial charge is 0.120 e. The third-order valence-corrected chi connectivity index (χ3v) is 3.19. The second-order valence-corrected chi connectivity index (χ2v) is 4.24. The fourth-order valence-corrected chi connectivity index (χ4v) is 1.64. The zero-order valence-corrected chi connectivity index (χ0v) is 10.2. The van der Waals surface area contributed by atoms with Crippen molar-refractivity contribution in [3.05, 3.63) is 42.5 Å². The largest absolute Gasteiger partial charge is 0.490 e. The first-order chi connectivity index (χ1) is 7.29. The van der Waals surface area contributed by atoms with Crippen LogP contribution in [-0.4, -0.2) is 11.4 Å². The average Bonchev–Trinajstić information content (AvgIpc) is 2.29. The van der Waals surface area contributed by atoms with Crippen molar-refractivity contribution in [2.24, 2.45) is 0 Å². The highest BCUT2D eigenvalue weighted by Crippen LogP contribution is 2.21. The summed E-state index contributed by atoms with van der Waals surface area (Å²) in [6.07, 6.45) is 0.200. The number of alkyl halides is 1. The molecular weight excluding hydrogens is 252 g/mol. The molecule has 0 aromatic heterocycles. The summed E-state index contributed by atoms with van der Waals surface area (Å²) in [5.74, 6) is 0.931. The molecule has 0 spiro atoms. The first-order valence-electron chi connectivity index (χ1n) is 5.01. The number of fused-ring (bicyclic) bond motifs is 1. The van der Waals surface area contributed by atoms with E-state index < -0.39 is 0 Å². The van der Waals surface area contributed by atoms with E-state index in [9.17, 15) is 0 Å². The molecule has 78 valence electrons. The van der Waals surface area contributed by atoms with Gasteiger partial charge in [-0.3, -0.25) is 0 Å². The van der Waals surface area contributed by atoms with Gasteiger partial charge in [0.25, 0.3) is 0 Å². The van der Waals surface area contributed by atoms with Gasteiger partial charge in [-0.1, -0.05) is 46.3 Å². The van der Waals surface area contributed by atoms with Crippen LogP contribution in [0.5, 0.6) is 5.75 Å². The van der Waals surface area contributed by atoms with E-state index >= 15 is 0 Å². The normalized spacial score (nSPS) is 12.7. The predicted molar refractivity (Wildman–Crippen MR) is 67.8 cm³/mol. The van der Waals surface area contributed by atoms with Gasteiger partial charge in [0.05, 0.1) is 0 Å². The summed E-state index contributed by atoms with van der Waals surface area (Å²) in [5.41, 5.74) is 0. The number of benzene rings is 2. The molecule has 0 saturated carbocycles. The predicted octanol–water partition coefficient (Wildman–Crippen LogP) is 4.00. The fourth-order valence-electron chi connectivity index (χ4n) is 1.50. The zero-order valence-electron chi connectivity index (χ0n) is 8.61. The van der Waals surface area contributed by atoms with Gasteiger partial charge in [0, 0.05) is 5.33 Å². The minimum Gasteiger partial charge on any atom is -0.490 e.